The average Bonchev–Trinajstić information content (AvgIpc) is 2.40. The van der Waals surface area contributed by atoms with Gasteiger partial charge in [0.05, 0.1) is 5.69 Å². The Morgan fingerprint density at radius 3 is 2.48 bits per heavy atom. The Labute approximate surface area is 126 Å². The van der Waals surface area contributed by atoms with Crippen molar-refractivity contribution in [3.63, 3.8) is 0 Å². The second-order valence-corrected chi connectivity index (χ2v) is 5.46. The lowest BCUT2D eigenvalue weighted by molar-refractivity contribution is 0.0950. The number of amides is 1. The molecule has 3 N–H and O–H groups in total. The summed E-state index contributed by atoms with van der Waals surface area (Å²) in [5, 5.41) is 2.87. The molecular formula is C15H26N4O2. The van der Waals surface area contributed by atoms with Crippen molar-refractivity contribution in [2.45, 2.75) is 0 Å². The van der Waals surface area contributed by atoms with Crippen molar-refractivity contribution in [2.75, 3.05) is 60.2 Å². The van der Waals surface area contributed by atoms with Crippen LogP contribution in [-0.2, 0) is 0 Å². The summed E-state index contributed by atoms with van der Waals surface area (Å²) in [5.41, 5.74) is 6.97. The number of nitrogen functional groups attached to an aromatic ring is 1. The Kier molecular flexibility index (Phi) is 6.98. The van der Waals surface area contributed by atoms with E-state index in [0.717, 1.165) is 13.1 Å². The van der Waals surface area contributed by atoms with E-state index < -0.39 is 0 Å². The van der Waals surface area contributed by atoms with Gasteiger partial charge in [0.1, 0.15) is 12.4 Å². The molecule has 1 aromatic rings. The summed E-state index contributed by atoms with van der Waals surface area (Å²) < 4.78 is 5.63. The standard InChI is InChI=1S/C15H26N4O2/c1-18(2)8-7-17-15(20)12-5-6-13(16)14(11-12)21-10-9-19(3)4/h5-6,11H,7-10,16H2,1-4H3,(H,17,20). The molecule has 0 saturated carbocycles. The minimum atomic E-state index is -0.116. The van der Waals surface area contributed by atoms with Crippen LogP contribution in [0.1, 0.15) is 10.4 Å². The van der Waals surface area contributed by atoms with Crippen LogP contribution in [0.3, 0.4) is 0 Å². The first-order valence-corrected chi connectivity index (χ1v) is 7.00. The minimum absolute atomic E-state index is 0.116. The van der Waals surface area contributed by atoms with E-state index in [1.807, 2.05) is 38.0 Å². The van der Waals surface area contributed by atoms with Crippen molar-refractivity contribution in [2.24, 2.45) is 0 Å². The maximum absolute atomic E-state index is 12.0. The zero-order chi connectivity index (χ0) is 15.8. The SMILES string of the molecule is CN(C)CCNC(=O)c1ccc(N)c(OCCN(C)C)c1. The topological polar surface area (TPSA) is 70.8 Å². The molecule has 6 heteroatoms. The number of rotatable bonds is 8. The molecule has 0 unspecified atom stereocenters. The van der Waals surface area contributed by atoms with E-state index >= 15 is 0 Å². The molecule has 0 aliphatic carbocycles. The Morgan fingerprint density at radius 1 is 1.19 bits per heavy atom. The maximum atomic E-state index is 12.0. The quantitative estimate of drug-likeness (QED) is 0.683. The van der Waals surface area contributed by atoms with Gasteiger partial charge in [-0.15, -0.1) is 0 Å². The molecule has 0 bridgehead atoms. The fourth-order valence-corrected chi connectivity index (χ4v) is 1.63. The van der Waals surface area contributed by atoms with E-state index in [1.54, 1.807) is 18.2 Å². The normalized spacial score (nSPS) is 11.0. The molecule has 6 nitrogen and oxygen atoms in total. The number of carbonyl (C=O) groups is 1. The monoisotopic (exact) mass is 294 g/mol. The fraction of sp³-hybridized carbons (Fsp3) is 0.533. The number of nitrogens with zero attached hydrogens (tertiary/aromatic N) is 2. The molecule has 1 rings (SSSR count). The lowest BCUT2D eigenvalue weighted by Crippen LogP contribution is -2.31. The van der Waals surface area contributed by atoms with Crippen LogP contribution in [0.15, 0.2) is 18.2 Å². The first-order chi connectivity index (χ1) is 9.90. The lowest BCUT2D eigenvalue weighted by atomic mass is 10.2. The molecule has 0 saturated heterocycles. The molecule has 0 atom stereocenters. The summed E-state index contributed by atoms with van der Waals surface area (Å²) in [7, 11) is 7.88. The number of nitrogens with one attached hydrogen (secondary N) is 1. The molecule has 0 fully saturated rings. The van der Waals surface area contributed by atoms with Gasteiger partial charge < -0.3 is 25.6 Å². The average molecular weight is 294 g/mol. The highest BCUT2D eigenvalue weighted by molar-refractivity contribution is 5.95. The van der Waals surface area contributed by atoms with Crippen LogP contribution in [-0.4, -0.2) is 70.1 Å². The van der Waals surface area contributed by atoms with Crippen LogP contribution in [0.5, 0.6) is 5.75 Å². The largest absolute Gasteiger partial charge is 0.490 e. The van der Waals surface area contributed by atoms with Crippen LogP contribution in [0, 0.1) is 0 Å². The Balaban J connectivity index is 2.60. The van der Waals surface area contributed by atoms with Gasteiger partial charge in [-0.25, -0.2) is 0 Å². The molecule has 0 spiro atoms. The third-order valence-electron chi connectivity index (χ3n) is 2.92. The molecule has 118 valence electrons. The Hall–Kier alpha value is -1.79. The van der Waals surface area contributed by atoms with Gasteiger partial charge >= 0.3 is 0 Å². The number of hydrogen-bond donors (Lipinski definition) is 2. The van der Waals surface area contributed by atoms with E-state index in [4.69, 9.17) is 10.5 Å². The number of hydrogen-bond acceptors (Lipinski definition) is 5. The van der Waals surface area contributed by atoms with E-state index in [1.165, 1.54) is 0 Å². The van der Waals surface area contributed by atoms with Crippen LogP contribution >= 0.6 is 0 Å². The predicted octanol–water partition coefficient (Wildman–Crippen LogP) is 0.501. The summed E-state index contributed by atoms with van der Waals surface area (Å²) in [4.78, 5) is 16.1. The molecule has 1 aromatic carbocycles. The first-order valence-electron chi connectivity index (χ1n) is 7.00. The summed E-state index contributed by atoms with van der Waals surface area (Å²) in [6.07, 6.45) is 0. The van der Waals surface area contributed by atoms with Crippen molar-refractivity contribution >= 4 is 11.6 Å². The number of benzene rings is 1. The molecule has 0 radical (unpaired) electrons. The van der Waals surface area contributed by atoms with Crippen molar-refractivity contribution in [1.82, 2.24) is 15.1 Å². The zero-order valence-electron chi connectivity index (χ0n) is 13.3. The van der Waals surface area contributed by atoms with Gasteiger partial charge in [0.2, 0.25) is 0 Å². The van der Waals surface area contributed by atoms with Crippen LogP contribution in [0.2, 0.25) is 0 Å². The van der Waals surface area contributed by atoms with Crippen molar-refractivity contribution < 1.29 is 9.53 Å². The molecule has 0 aliphatic rings. The van der Waals surface area contributed by atoms with E-state index in [2.05, 4.69) is 5.32 Å². The van der Waals surface area contributed by atoms with Gasteiger partial charge in [0.15, 0.2) is 0 Å². The second kappa shape index (κ2) is 8.49. The summed E-state index contributed by atoms with van der Waals surface area (Å²) in [5.74, 6) is 0.436. The van der Waals surface area contributed by atoms with Crippen LogP contribution < -0.4 is 15.8 Å². The maximum Gasteiger partial charge on any atom is 0.251 e. The van der Waals surface area contributed by atoms with Gasteiger partial charge in [0, 0.05) is 25.2 Å². The smallest absolute Gasteiger partial charge is 0.251 e. The first kappa shape index (κ1) is 17.3. The summed E-state index contributed by atoms with van der Waals surface area (Å²) >= 11 is 0. The van der Waals surface area contributed by atoms with Gasteiger partial charge in [-0.1, -0.05) is 0 Å². The van der Waals surface area contributed by atoms with Crippen LogP contribution in [0.4, 0.5) is 5.69 Å². The minimum Gasteiger partial charge on any atom is -0.490 e. The summed E-state index contributed by atoms with van der Waals surface area (Å²) in [6.45, 7) is 2.72. The highest BCUT2D eigenvalue weighted by Crippen LogP contribution is 2.22. The molecule has 21 heavy (non-hydrogen) atoms. The molecule has 0 heterocycles. The highest BCUT2D eigenvalue weighted by Gasteiger charge is 2.09. The predicted molar refractivity (Wildman–Crippen MR) is 85.8 cm³/mol. The van der Waals surface area contributed by atoms with E-state index in [0.29, 0.717) is 30.2 Å². The Bertz CT molecular complexity index is 461. The number of anilines is 1. The lowest BCUT2D eigenvalue weighted by Gasteiger charge is -2.14. The van der Waals surface area contributed by atoms with Crippen molar-refractivity contribution in [1.29, 1.82) is 0 Å². The van der Waals surface area contributed by atoms with E-state index in [-0.39, 0.29) is 5.91 Å². The zero-order valence-corrected chi connectivity index (χ0v) is 13.3. The number of carbonyl (C=O) groups excluding carboxylic acids is 1. The molecule has 1 amide bonds. The fourth-order valence-electron chi connectivity index (χ4n) is 1.63. The number of nitrogens with two attached hydrogens (primary N) is 1. The summed E-state index contributed by atoms with van der Waals surface area (Å²) in [6, 6.07) is 5.10. The Morgan fingerprint density at radius 2 is 1.86 bits per heavy atom. The number of ether oxygens (including phenoxy) is 1. The highest BCUT2D eigenvalue weighted by atomic mass is 16.5. The van der Waals surface area contributed by atoms with Crippen molar-refractivity contribution in [3.8, 4) is 5.75 Å². The van der Waals surface area contributed by atoms with Gasteiger partial charge in [-0.3, -0.25) is 4.79 Å². The third kappa shape index (κ3) is 6.46. The number of likely N-dealkylation sites (N-methyl/N-ethyl adjacent to an activating group) is 2. The van der Waals surface area contributed by atoms with E-state index in [9.17, 15) is 4.79 Å². The van der Waals surface area contributed by atoms with Gasteiger partial charge in [0.25, 0.3) is 5.91 Å². The molecular weight excluding hydrogens is 268 g/mol. The van der Waals surface area contributed by atoms with Crippen LogP contribution in [0.25, 0.3) is 0 Å². The van der Waals surface area contributed by atoms with Gasteiger partial charge in [-0.05, 0) is 46.4 Å². The van der Waals surface area contributed by atoms with Gasteiger partial charge in [-0.2, -0.15) is 0 Å². The molecule has 0 aliphatic heterocycles. The van der Waals surface area contributed by atoms with Crippen molar-refractivity contribution in [3.05, 3.63) is 23.8 Å². The second-order valence-electron chi connectivity index (χ2n) is 5.46. The molecule has 0 aromatic heterocycles. The third-order valence-corrected chi connectivity index (χ3v) is 2.92.